The summed E-state index contributed by atoms with van der Waals surface area (Å²) in [6, 6.07) is 6.56. The van der Waals surface area contributed by atoms with Crippen LogP contribution in [0.1, 0.15) is 0 Å². The van der Waals surface area contributed by atoms with Crippen LogP contribution in [-0.4, -0.2) is 32.2 Å². The summed E-state index contributed by atoms with van der Waals surface area (Å²) in [5.41, 5.74) is 0.405. The van der Waals surface area contributed by atoms with Crippen molar-refractivity contribution in [2.45, 2.75) is 6.04 Å². The SMILES string of the molecule is O=C1NC(=O)C(CS(=O)(=O)Nc2ccccc2)N1. The molecule has 0 aliphatic carbocycles. The lowest BCUT2D eigenvalue weighted by Gasteiger charge is -2.10. The quantitative estimate of drug-likeness (QED) is 0.649. The molecule has 0 spiro atoms. The summed E-state index contributed by atoms with van der Waals surface area (Å²) in [7, 11) is -3.70. The molecule has 1 aliphatic rings. The first-order valence-corrected chi connectivity index (χ1v) is 6.78. The van der Waals surface area contributed by atoms with E-state index in [-0.39, 0.29) is 0 Å². The highest BCUT2D eigenvalue weighted by atomic mass is 32.2. The molecule has 1 unspecified atom stereocenters. The van der Waals surface area contributed by atoms with Crippen LogP contribution in [0.15, 0.2) is 30.3 Å². The second-order valence-electron chi connectivity index (χ2n) is 3.76. The fraction of sp³-hybridized carbons (Fsp3) is 0.200. The minimum atomic E-state index is -3.70. The van der Waals surface area contributed by atoms with E-state index in [1.54, 1.807) is 30.3 Å². The van der Waals surface area contributed by atoms with Gasteiger partial charge in [0.1, 0.15) is 6.04 Å². The van der Waals surface area contributed by atoms with Crippen molar-refractivity contribution >= 4 is 27.6 Å². The number of anilines is 1. The largest absolute Gasteiger partial charge is 0.325 e. The highest BCUT2D eigenvalue weighted by Gasteiger charge is 2.33. The van der Waals surface area contributed by atoms with Crippen molar-refractivity contribution in [3.05, 3.63) is 30.3 Å². The first-order chi connectivity index (χ1) is 8.46. The molecule has 1 aromatic rings. The number of hydrogen-bond acceptors (Lipinski definition) is 4. The van der Waals surface area contributed by atoms with Gasteiger partial charge >= 0.3 is 6.03 Å². The Bertz CT molecular complexity index is 570. The maximum absolute atomic E-state index is 11.8. The number of hydrogen-bond donors (Lipinski definition) is 3. The van der Waals surface area contributed by atoms with Crippen molar-refractivity contribution in [1.29, 1.82) is 0 Å². The van der Waals surface area contributed by atoms with E-state index in [1.165, 1.54) is 0 Å². The molecule has 1 aromatic carbocycles. The molecule has 2 rings (SSSR count). The number of urea groups is 1. The number of benzene rings is 1. The number of sulfonamides is 1. The van der Waals surface area contributed by atoms with Crippen LogP contribution in [0.25, 0.3) is 0 Å². The summed E-state index contributed by atoms with van der Waals surface area (Å²) in [4.78, 5) is 22.1. The molecule has 1 atom stereocenters. The van der Waals surface area contributed by atoms with Crippen molar-refractivity contribution in [2.75, 3.05) is 10.5 Å². The number of para-hydroxylation sites is 1. The van der Waals surface area contributed by atoms with Gasteiger partial charge in [0.25, 0.3) is 5.91 Å². The zero-order chi connectivity index (χ0) is 13.2. The Morgan fingerprint density at radius 3 is 2.39 bits per heavy atom. The average Bonchev–Trinajstić information content (AvgIpc) is 2.57. The normalized spacial score (nSPS) is 19.2. The number of carbonyl (C=O) groups is 2. The van der Waals surface area contributed by atoms with Gasteiger partial charge in [-0.05, 0) is 12.1 Å². The number of carbonyl (C=O) groups excluding carboxylic acids is 2. The topological polar surface area (TPSA) is 104 Å². The van der Waals surface area contributed by atoms with E-state index in [0.29, 0.717) is 5.69 Å². The number of imide groups is 1. The van der Waals surface area contributed by atoms with Gasteiger partial charge in [-0.15, -0.1) is 0 Å². The molecular weight excluding hydrogens is 258 g/mol. The fourth-order valence-corrected chi connectivity index (χ4v) is 2.78. The second kappa shape index (κ2) is 4.65. The maximum Gasteiger partial charge on any atom is 0.322 e. The first kappa shape index (κ1) is 12.4. The summed E-state index contributed by atoms with van der Waals surface area (Å²) in [5.74, 6) is -1.14. The average molecular weight is 269 g/mol. The highest BCUT2D eigenvalue weighted by molar-refractivity contribution is 7.92. The van der Waals surface area contributed by atoms with E-state index in [4.69, 9.17) is 0 Å². The Kier molecular flexibility index (Phi) is 3.19. The second-order valence-corrected chi connectivity index (χ2v) is 5.53. The third-order valence-corrected chi connectivity index (χ3v) is 3.61. The molecule has 1 aliphatic heterocycles. The smallest absolute Gasteiger partial charge is 0.322 e. The van der Waals surface area contributed by atoms with Gasteiger partial charge in [0, 0.05) is 5.69 Å². The summed E-state index contributed by atoms with van der Waals surface area (Å²) in [6.07, 6.45) is 0. The van der Waals surface area contributed by atoms with Crippen LogP contribution in [0.5, 0.6) is 0 Å². The lowest BCUT2D eigenvalue weighted by Crippen LogP contribution is -2.38. The third-order valence-electron chi connectivity index (χ3n) is 2.29. The Labute approximate surface area is 104 Å². The van der Waals surface area contributed by atoms with Crippen molar-refractivity contribution in [1.82, 2.24) is 10.6 Å². The molecule has 96 valence electrons. The van der Waals surface area contributed by atoms with Gasteiger partial charge in [-0.1, -0.05) is 18.2 Å². The third kappa shape index (κ3) is 2.98. The zero-order valence-electron chi connectivity index (χ0n) is 9.21. The molecule has 1 fully saturated rings. The fourth-order valence-electron chi connectivity index (χ4n) is 1.52. The number of amides is 3. The van der Waals surface area contributed by atoms with Crippen LogP contribution in [0.3, 0.4) is 0 Å². The molecule has 7 nitrogen and oxygen atoms in total. The predicted octanol–water partition coefficient (Wildman–Crippen LogP) is -0.364. The van der Waals surface area contributed by atoms with Crippen molar-refractivity contribution in [2.24, 2.45) is 0 Å². The monoisotopic (exact) mass is 269 g/mol. The molecule has 1 saturated heterocycles. The molecule has 0 aromatic heterocycles. The van der Waals surface area contributed by atoms with E-state index >= 15 is 0 Å². The van der Waals surface area contributed by atoms with Gasteiger partial charge in [-0.2, -0.15) is 0 Å². The number of nitrogens with one attached hydrogen (secondary N) is 3. The Morgan fingerprint density at radius 2 is 1.83 bits per heavy atom. The standard InChI is InChI=1S/C10H11N3O4S/c14-9-8(11-10(15)12-9)6-18(16,17)13-7-4-2-1-3-5-7/h1-5,8,13H,6H2,(H2,11,12,14,15). The lowest BCUT2D eigenvalue weighted by molar-refractivity contribution is -0.119. The van der Waals surface area contributed by atoms with Crippen molar-refractivity contribution in [3.8, 4) is 0 Å². The first-order valence-electron chi connectivity index (χ1n) is 5.13. The van der Waals surface area contributed by atoms with Crippen LogP contribution in [0, 0.1) is 0 Å². The Hall–Kier alpha value is -2.09. The van der Waals surface area contributed by atoms with Crippen LogP contribution in [0.4, 0.5) is 10.5 Å². The molecule has 3 amide bonds. The van der Waals surface area contributed by atoms with E-state index in [1.807, 2.05) is 5.32 Å². The molecule has 3 N–H and O–H groups in total. The van der Waals surface area contributed by atoms with Gasteiger partial charge in [0.2, 0.25) is 10.0 Å². The van der Waals surface area contributed by atoms with E-state index in [9.17, 15) is 18.0 Å². The van der Waals surface area contributed by atoms with Gasteiger partial charge in [0.15, 0.2) is 0 Å². The highest BCUT2D eigenvalue weighted by Crippen LogP contribution is 2.09. The minimum Gasteiger partial charge on any atom is -0.325 e. The maximum atomic E-state index is 11.8. The zero-order valence-corrected chi connectivity index (χ0v) is 10.0. The van der Waals surface area contributed by atoms with Crippen LogP contribution in [0.2, 0.25) is 0 Å². The van der Waals surface area contributed by atoms with E-state index in [0.717, 1.165) is 0 Å². The molecule has 0 saturated carbocycles. The lowest BCUT2D eigenvalue weighted by atomic mass is 10.3. The molecule has 0 radical (unpaired) electrons. The van der Waals surface area contributed by atoms with Crippen molar-refractivity contribution in [3.63, 3.8) is 0 Å². The van der Waals surface area contributed by atoms with E-state index in [2.05, 4.69) is 10.0 Å². The number of rotatable bonds is 4. The summed E-state index contributed by atoms with van der Waals surface area (Å²) >= 11 is 0. The minimum absolute atomic E-state index is 0.405. The summed E-state index contributed by atoms with van der Waals surface area (Å²) in [6.45, 7) is 0. The summed E-state index contributed by atoms with van der Waals surface area (Å²) < 4.78 is 25.9. The summed E-state index contributed by atoms with van der Waals surface area (Å²) in [5, 5.41) is 4.20. The molecule has 18 heavy (non-hydrogen) atoms. The van der Waals surface area contributed by atoms with Crippen LogP contribution < -0.4 is 15.4 Å². The van der Waals surface area contributed by atoms with Crippen LogP contribution >= 0.6 is 0 Å². The molecule has 0 bridgehead atoms. The Morgan fingerprint density at radius 1 is 1.17 bits per heavy atom. The van der Waals surface area contributed by atoms with Gasteiger partial charge < -0.3 is 5.32 Å². The van der Waals surface area contributed by atoms with E-state index < -0.39 is 33.8 Å². The van der Waals surface area contributed by atoms with Crippen LogP contribution in [-0.2, 0) is 14.8 Å². The van der Waals surface area contributed by atoms with Gasteiger partial charge in [-0.3, -0.25) is 14.8 Å². The predicted molar refractivity (Wildman–Crippen MR) is 64.3 cm³/mol. The Balaban J connectivity index is 2.04. The molecular formula is C10H11N3O4S. The molecule has 1 heterocycles. The molecule has 8 heteroatoms. The van der Waals surface area contributed by atoms with Gasteiger partial charge in [-0.25, -0.2) is 13.2 Å². The van der Waals surface area contributed by atoms with Gasteiger partial charge in [0.05, 0.1) is 5.75 Å². The van der Waals surface area contributed by atoms with Crippen molar-refractivity contribution < 1.29 is 18.0 Å².